The van der Waals surface area contributed by atoms with Crippen LogP contribution in [0.25, 0.3) is 98.5 Å². The summed E-state index contributed by atoms with van der Waals surface area (Å²) >= 11 is 0. The Bertz CT molecular complexity index is 2900. The fraction of sp³-hybridized carbons (Fsp3) is 0.0426. The maximum Gasteiger partial charge on any atom is 0.0835 e. The predicted molar refractivity (Wildman–Crippen MR) is 210 cm³/mol. The van der Waals surface area contributed by atoms with Crippen LogP contribution in [0.2, 0.25) is 0 Å². The zero-order valence-corrected chi connectivity index (χ0v) is 27.2. The molecule has 0 aliphatic carbocycles. The van der Waals surface area contributed by atoms with E-state index in [2.05, 4.69) is 161 Å². The standard InChI is InChI=1S/C47H29N3/c1-3-24-49-28-40(33-14-5-7-20-44(33)49)42-26-31(27-43(48-42)41-29-50(25-4-2)45-21-8-6-15-34(41)45)32-22-23-39-37-17-10-13-30-12-9-16-36(46(30)37)38-19-11-18-35(32)47(38)39/h1-2,5-23,26-29H,24-25H2. The van der Waals surface area contributed by atoms with Gasteiger partial charge in [-0.3, -0.25) is 0 Å². The molecule has 0 atom stereocenters. The Morgan fingerprint density at radius 1 is 0.460 bits per heavy atom. The minimum absolute atomic E-state index is 0.482. The topological polar surface area (TPSA) is 22.8 Å². The molecule has 3 aromatic heterocycles. The minimum atomic E-state index is 0.482. The minimum Gasteiger partial charge on any atom is -0.335 e. The number of pyridine rings is 1. The molecule has 0 amide bonds. The highest BCUT2D eigenvalue weighted by Gasteiger charge is 2.20. The molecule has 0 radical (unpaired) electrons. The Balaban J connectivity index is 1.30. The monoisotopic (exact) mass is 635 g/mol. The first-order chi connectivity index (χ1) is 24.7. The SMILES string of the molecule is C#CCn1cc(-c2cc(-c3ccc4c5cccc6cccc(c7cccc3c74)c65)cc(-c3cn(CC#C)c4ccccc34)n2)c2ccccc21. The molecule has 0 fully saturated rings. The van der Waals surface area contributed by atoms with E-state index in [1.807, 2.05) is 0 Å². The molecule has 3 nitrogen and oxygen atoms in total. The van der Waals surface area contributed by atoms with Crippen LogP contribution in [0.15, 0.2) is 140 Å². The van der Waals surface area contributed by atoms with Gasteiger partial charge in [0.1, 0.15) is 0 Å². The third-order valence-corrected chi connectivity index (χ3v) is 10.3. The van der Waals surface area contributed by atoms with Gasteiger partial charge < -0.3 is 9.13 Å². The number of nitrogens with zero attached hydrogens (tertiary/aromatic N) is 3. The lowest BCUT2D eigenvalue weighted by Crippen LogP contribution is -1.94. The summed E-state index contributed by atoms with van der Waals surface area (Å²) in [5.41, 5.74) is 8.35. The summed E-state index contributed by atoms with van der Waals surface area (Å²) in [6.45, 7) is 0.964. The van der Waals surface area contributed by atoms with Crippen molar-refractivity contribution in [3.63, 3.8) is 0 Å². The third kappa shape index (κ3) is 4.05. The van der Waals surface area contributed by atoms with Crippen molar-refractivity contribution in [3.8, 4) is 58.3 Å². The van der Waals surface area contributed by atoms with Crippen LogP contribution in [-0.2, 0) is 13.1 Å². The number of para-hydroxylation sites is 2. The van der Waals surface area contributed by atoms with Crippen LogP contribution in [0.1, 0.15) is 0 Å². The van der Waals surface area contributed by atoms with Crippen molar-refractivity contribution in [1.29, 1.82) is 0 Å². The maximum absolute atomic E-state index is 5.82. The number of hydrogen-bond donors (Lipinski definition) is 0. The van der Waals surface area contributed by atoms with Crippen molar-refractivity contribution >= 4 is 64.9 Å². The molecule has 0 saturated carbocycles. The molecule has 0 spiro atoms. The molecular formula is C47H29N3. The zero-order valence-electron chi connectivity index (χ0n) is 27.2. The van der Waals surface area contributed by atoms with Crippen molar-refractivity contribution < 1.29 is 0 Å². The zero-order chi connectivity index (χ0) is 33.3. The molecule has 50 heavy (non-hydrogen) atoms. The van der Waals surface area contributed by atoms with Crippen molar-refractivity contribution in [2.45, 2.75) is 13.1 Å². The number of hydrogen-bond acceptors (Lipinski definition) is 1. The molecular weight excluding hydrogens is 607 g/mol. The summed E-state index contributed by atoms with van der Waals surface area (Å²) in [7, 11) is 0. The lowest BCUT2D eigenvalue weighted by atomic mass is 9.87. The summed E-state index contributed by atoms with van der Waals surface area (Å²) in [6, 6.07) is 45.9. The van der Waals surface area contributed by atoms with Crippen molar-refractivity contribution in [2.24, 2.45) is 0 Å². The second-order valence-electron chi connectivity index (χ2n) is 13.0. The first-order valence-corrected chi connectivity index (χ1v) is 16.9. The molecule has 0 unspecified atom stereocenters. The van der Waals surface area contributed by atoms with Gasteiger partial charge >= 0.3 is 0 Å². The quantitative estimate of drug-likeness (QED) is 0.105. The molecule has 10 rings (SSSR count). The van der Waals surface area contributed by atoms with E-state index >= 15 is 0 Å². The van der Waals surface area contributed by atoms with Crippen molar-refractivity contribution in [3.05, 3.63) is 140 Å². The number of aromatic nitrogens is 3. The summed E-state index contributed by atoms with van der Waals surface area (Å²) < 4.78 is 4.27. The van der Waals surface area contributed by atoms with E-state index in [4.69, 9.17) is 17.8 Å². The van der Waals surface area contributed by atoms with Crippen LogP contribution in [0.5, 0.6) is 0 Å². The Morgan fingerprint density at radius 3 is 1.52 bits per heavy atom. The molecule has 0 bridgehead atoms. The van der Waals surface area contributed by atoms with Gasteiger partial charge in [0.25, 0.3) is 0 Å². The molecule has 0 N–H and O–H groups in total. The van der Waals surface area contributed by atoms with Crippen molar-refractivity contribution in [2.75, 3.05) is 0 Å². The Hall–Kier alpha value is -6.81. The Kier molecular flexibility index (Phi) is 6.13. The molecule has 3 heterocycles. The summed E-state index contributed by atoms with van der Waals surface area (Å²) in [5, 5.41) is 12.4. The second kappa shape index (κ2) is 10.9. The van der Waals surface area contributed by atoms with Gasteiger partial charge in [-0.1, -0.05) is 115 Å². The van der Waals surface area contributed by atoms with Gasteiger partial charge in [0.15, 0.2) is 0 Å². The first-order valence-electron chi connectivity index (χ1n) is 16.9. The fourth-order valence-electron chi connectivity index (χ4n) is 8.22. The van der Waals surface area contributed by atoms with Crippen LogP contribution >= 0.6 is 0 Å². The van der Waals surface area contributed by atoms with Crippen LogP contribution in [0.3, 0.4) is 0 Å². The smallest absolute Gasteiger partial charge is 0.0835 e. The van der Waals surface area contributed by atoms with Crippen LogP contribution in [0.4, 0.5) is 0 Å². The van der Waals surface area contributed by atoms with Crippen LogP contribution in [-0.4, -0.2) is 14.1 Å². The van der Waals surface area contributed by atoms with Crippen LogP contribution in [0, 0.1) is 24.7 Å². The normalized spacial score (nSPS) is 11.7. The lowest BCUT2D eigenvalue weighted by molar-refractivity contribution is 0.886. The molecule has 7 aromatic carbocycles. The molecule has 232 valence electrons. The molecule has 10 aromatic rings. The van der Waals surface area contributed by atoms with E-state index in [-0.39, 0.29) is 0 Å². The summed E-state index contributed by atoms with van der Waals surface area (Å²) in [6.07, 6.45) is 15.9. The van der Waals surface area contributed by atoms with E-state index < -0.39 is 0 Å². The largest absolute Gasteiger partial charge is 0.335 e. The van der Waals surface area contributed by atoms with E-state index in [1.54, 1.807) is 0 Å². The van der Waals surface area contributed by atoms with Crippen LogP contribution < -0.4 is 0 Å². The lowest BCUT2D eigenvalue weighted by Gasteiger charge is -2.17. The fourth-order valence-corrected chi connectivity index (χ4v) is 8.22. The van der Waals surface area contributed by atoms with Gasteiger partial charge in [0.2, 0.25) is 0 Å². The van der Waals surface area contributed by atoms with E-state index in [1.165, 1.54) is 48.7 Å². The van der Waals surface area contributed by atoms with Gasteiger partial charge in [-0.05, 0) is 78.5 Å². The Morgan fingerprint density at radius 2 is 0.940 bits per heavy atom. The Labute approximate surface area is 289 Å². The highest BCUT2D eigenvalue weighted by molar-refractivity contribution is 6.34. The molecule has 3 heteroatoms. The molecule has 0 aliphatic heterocycles. The summed E-state index contributed by atoms with van der Waals surface area (Å²) in [5.74, 6) is 5.66. The highest BCUT2D eigenvalue weighted by atomic mass is 15.0. The van der Waals surface area contributed by atoms with E-state index in [0.717, 1.165) is 49.9 Å². The van der Waals surface area contributed by atoms with Gasteiger partial charge in [0, 0.05) is 45.3 Å². The molecule has 0 saturated heterocycles. The van der Waals surface area contributed by atoms with Gasteiger partial charge in [0.05, 0.1) is 24.5 Å². The van der Waals surface area contributed by atoms with E-state index in [0.29, 0.717) is 13.1 Å². The van der Waals surface area contributed by atoms with Gasteiger partial charge in [-0.15, -0.1) is 12.8 Å². The average Bonchev–Trinajstić information content (AvgIpc) is 3.72. The van der Waals surface area contributed by atoms with E-state index in [9.17, 15) is 0 Å². The summed E-state index contributed by atoms with van der Waals surface area (Å²) in [4.78, 5) is 5.41. The number of benzene rings is 7. The number of rotatable bonds is 5. The average molecular weight is 636 g/mol. The van der Waals surface area contributed by atoms with Gasteiger partial charge in [-0.25, -0.2) is 4.98 Å². The molecule has 0 aliphatic rings. The van der Waals surface area contributed by atoms with Gasteiger partial charge in [-0.2, -0.15) is 0 Å². The second-order valence-corrected chi connectivity index (χ2v) is 13.0. The predicted octanol–water partition coefficient (Wildman–Crippen LogP) is 11.3. The number of terminal acetylenes is 2. The van der Waals surface area contributed by atoms with Crippen molar-refractivity contribution in [1.82, 2.24) is 14.1 Å². The maximum atomic E-state index is 5.82. The highest BCUT2D eigenvalue weighted by Crippen LogP contribution is 2.44. The number of fused-ring (bicyclic) bond motifs is 4. The third-order valence-electron chi connectivity index (χ3n) is 10.3. The first kappa shape index (κ1) is 28.2.